The summed E-state index contributed by atoms with van der Waals surface area (Å²) in [5.74, 6) is 0.213. The zero-order valence-electron chi connectivity index (χ0n) is 14.3. The van der Waals surface area contributed by atoms with Gasteiger partial charge >= 0.3 is 0 Å². The highest BCUT2D eigenvalue weighted by atomic mass is 16.2. The lowest BCUT2D eigenvalue weighted by Gasteiger charge is -2.42. The van der Waals surface area contributed by atoms with Gasteiger partial charge in [-0.3, -0.25) is 9.78 Å². The van der Waals surface area contributed by atoms with Crippen LogP contribution in [0.25, 0.3) is 0 Å². The van der Waals surface area contributed by atoms with Crippen LogP contribution >= 0.6 is 0 Å². The SMILES string of the molecule is CC(=O)N1CCC(CCCN2CCCC2)(c2ccncc2)CC1. The zero-order valence-corrected chi connectivity index (χ0v) is 14.3. The monoisotopic (exact) mass is 315 g/mol. The minimum absolute atomic E-state index is 0.213. The molecule has 0 aromatic carbocycles. The van der Waals surface area contributed by atoms with Crippen LogP contribution in [0.1, 0.15) is 51.0 Å². The van der Waals surface area contributed by atoms with Gasteiger partial charge in [-0.1, -0.05) is 0 Å². The first-order valence-electron chi connectivity index (χ1n) is 9.08. The van der Waals surface area contributed by atoms with E-state index in [2.05, 4.69) is 22.0 Å². The molecule has 2 saturated heterocycles. The number of pyridine rings is 1. The van der Waals surface area contributed by atoms with E-state index in [0.29, 0.717) is 0 Å². The van der Waals surface area contributed by atoms with Crippen molar-refractivity contribution in [1.82, 2.24) is 14.8 Å². The molecular formula is C19H29N3O. The van der Waals surface area contributed by atoms with Crippen LogP contribution in [0.3, 0.4) is 0 Å². The Morgan fingerprint density at radius 1 is 1.13 bits per heavy atom. The molecule has 0 bridgehead atoms. The van der Waals surface area contributed by atoms with E-state index < -0.39 is 0 Å². The smallest absolute Gasteiger partial charge is 0.219 e. The molecule has 0 atom stereocenters. The lowest BCUT2D eigenvalue weighted by atomic mass is 9.70. The molecule has 1 aromatic rings. The first kappa shape index (κ1) is 16.4. The van der Waals surface area contributed by atoms with Crippen molar-refractivity contribution >= 4 is 5.91 Å². The number of rotatable bonds is 5. The van der Waals surface area contributed by atoms with Crippen LogP contribution in [-0.2, 0) is 10.2 Å². The van der Waals surface area contributed by atoms with E-state index in [1.807, 2.05) is 17.3 Å². The molecule has 0 radical (unpaired) electrons. The minimum Gasteiger partial charge on any atom is -0.343 e. The van der Waals surface area contributed by atoms with Gasteiger partial charge in [0.05, 0.1) is 0 Å². The Morgan fingerprint density at radius 2 is 1.78 bits per heavy atom. The zero-order chi connectivity index (χ0) is 16.1. The summed E-state index contributed by atoms with van der Waals surface area (Å²) >= 11 is 0. The van der Waals surface area contributed by atoms with Gasteiger partial charge in [0.1, 0.15) is 0 Å². The fraction of sp³-hybridized carbons (Fsp3) is 0.684. The molecule has 2 aliphatic rings. The number of aromatic nitrogens is 1. The van der Waals surface area contributed by atoms with Crippen LogP contribution in [0.2, 0.25) is 0 Å². The Kier molecular flexibility index (Phi) is 5.31. The van der Waals surface area contributed by atoms with Crippen molar-refractivity contribution in [2.45, 2.75) is 50.9 Å². The molecule has 1 amide bonds. The van der Waals surface area contributed by atoms with Gasteiger partial charge in [0.25, 0.3) is 0 Å². The van der Waals surface area contributed by atoms with Crippen LogP contribution in [0.5, 0.6) is 0 Å². The summed E-state index contributed by atoms with van der Waals surface area (Å²) in [5.41, 5.74) is 1.64. The summed E-state index contributed by atoms with van der Waals surface area (Å²) in [6.07, 6.45) is 11.2. The number of amides is 1. The summed E-state index contributed by atoms with van der Waals surface area (Å²) < 4.78 is 0. The van der Waals surface area contributed by atoms with Crippen molar-refractivity contribution in [3.63, 3.8) is 0 Å². The van der Waals surface area contributed by atoms with Crippen LogP contribution in [0.4, 0.5) is 0 Å². The quantitative estimate of drug-likeness (QED) is 0.838. The summed E-state index contributed by atoms with van der Waals surface area (Å²) in [6.45, 7) is 7.25. The van der Waals surface area contributed by atoms with Gasteiger partial charge in [-0.25, -0.2) is 0 Å². The second-order valence-electron chi connectivity index (χ2n) is 7.17. The molecule has 23 heavy (non-hydrogen) atoms. The van der Waals surface area contributed by atoms with E-state index in [1.54, 1.807) is 6.92 Å². The van der Waals surface area contributed by atoms with E-state index in [1.165, 1.54) is 50.9 Å². The van der Waals surface area contributed by atoms with Crippen molar-refractivity contribution in [1.29, 1.82) is 0 Å². The predicted molar refractivity (Wildman–Crippen MR) is 92.3 cm³/mol. The van der Waals surface area contributed by atoms with E-state index in [-0.39, 0.29) is 11.3 Å². The number of hydrogen-bond acceptors (Lipinski definition) is 3. The molecule has 4 nitrogen and oxygen atoms in total. The van der Waals surface area contributed by atoms with Crippen LogP contribution < -0.4 is 0 Å². The summed E-state index contributed by atoms with van der Waals surface area (Å²) in [6, 6.07) is 4.36. The lowest BCUT2D eigenvalue weighted by Crippen LogP contribution is -2.44. The maximum Gasteiger partial charge on any atom is 0.219 e. The Balaban J connectivity index is 1.66. The van der Waals surface area contributed by atoms with Crippen LogP contribution in [0, 0.1) is 0 Å². The van der Waals surface area contributed by atoms with Gasteiger partial charge in [-0.15, -0.1) is 0 Å². The highest BCUT2D eigenvalue weighted by Crippen LogP contribution is 2.39. The van der Waals surface area contributed by atoms with Crippen molar-refractivity contribution in [3.8, 4) is 0 Å². The molecule has 0 saturated carbocycles. The standard InChI is InChI=1S/C19H29N3O/c1-17(23)22-15-8-19(9-16-22,18-5-10-20-11-6-18)7-4-14-21-12-2-3-13-21/h5-6,10-11H,2-4,7-9,12-16H2,1H3. The topological polar surface area (TPSA) is 36.4 Å². The van der Waals surface area contributed by atoms with E-state index in [4.69, 9.17) is 0 Å². The summed E-state index contributed by atoms with van der Waals surface area (Å²) in [5, 5.41) is 0. The summed E-state index contributed by atoms with van der Waals surface area (Å²) in [4.78, 5) is 20.4. The Morgan fingerprint density at radius 3 is 2.39 bits per heavy atom. The van der Waals surface area contributed by atoms with Crippen LogP contribution in [-0.4, -0.2) is 53.4 Å². The number of hydrogen-bond donors (Lipinski definition) is 0. The molecule has 4 heteroatoms. The molecule has 3 rings (SSSR count). The molecule has 3 heterocycles. The number of nitrogens with zero attached hydrogens (tertiary/aromatic N) is 3. The third-order valence-corrected chi connectivity index (χ3v) is 5.79. The second-order valence-corrected chi connectivity index (χ2v) is 7.17. The van der Waals surface area contributed by atoms with Crippen LogP contribution in [0.15, 0.2) is 24.5 Å². The molecular weight excluding hydrogens is 286 g/mol. The second kappa shape index (κ2) is 7.43. The Bertz CT molecular complexity index is 503. The lowest BCUT2D eigenvalue weighted by molar-refractivity contribution is -0.130. The van der Waals surface area contributed by atoms with E-state index in [0.717, 1.165) is 25.9 Å². The van der Waals surface area contributed by atoms with Gasteiger partial charge in [0, 0.05) is 32.4 Å². The molecule has 126 valence electrons. The fourth-order valence-corrected chi connectivity index (χ4v) is 4.29. The fourth-order valence-electron chi connectivity index (χ4n) is 4.29. The average Bonchev–Trinajstić information content (AvgIpc) is 3.09. The van der Waals surface area contributed by atoms with Gasteiger partial charge in [0.2, 0.25) is 5.91 Å². The largest absolute Gasteiger partial charge is 0.343 e. The van der Waals surface area contributed by atoms with Gasteiger partial charge in [-0.05, 0) is 81.3 Å². The maximum absolute atomic E-state index is 11.6. The highest BCUT2D eigenvalue weighted by Gasteiger charge is 2.36. The highest BCUT2D eigenvalue weighted by molar-refractivity contribution is 5.73. The van der Waals surface area contributed by atoms with Crippen molar-refractivity contribution in [2.24, 2.45) is 0 Å². The van der Waals surface area contributed by atoms with E-state index >= 15 is 0 Å². The number of likely N-dealkylation sites (tertiary alicyclic amines) is 2. The van der Waals surface area contributed by atoms with Gasteiger partial charge < -0.3 is 9.80 Å². The third-order valence-electron chi connectivity index (χ3n) is 5.79. The average molecular weight is 315 g/mol. The molecule has 0 aliphatic carbocycles. The molecule has 0 spiro atoms. The Hall–Kier alpha value is -1.42. The third kappa shape index (κ3) is 3.92. The number of carbonyl (C=O) groups is 1. The molecule has 1 aromatic heterocycles. The predicted octanol–water partition coefficient (Wildman–Crippen LogP) is 2.84. The number of piperidine rings is 1. The normalized spacial score (nSPS) is 21.5. The first-order valence-corrected chi connectivity index (χ1v) is 9.08. The number of carbonyl (C=O) groups excluding carboxylic acids is 1. The van der Waals surface area contributed by atoms with Gasteiger partial charge in [0.15, 0.2) is 0 Å². The molecule has 2 fully saturated rings. The van der Waals surface area contributed by atoms with E-state index in [9.17, 15) is 4.79 Å². The molecule has 2 aliphatic heterocycles. The molecule has 0 unspecified atom stereocenters. The molecule has 0 N–H and O–H groups in total. The first-order chi connectivity index (χ1) is 11.2. The van der Waals surface area contributed by atoms with Crippen molar-refractivity contribution in [3.05, 3.63) is 30.1 Å². The van der Waals surface area contributed by atoms with Crippen molar-refractivity contribution < 1.29 is 4.79 Å². The Labute approximate surface area is 139 Å². The van der Waals surface area contributed by atoms with Gasteiger partial charge in [-0.2, -0.15) is 0 Å². The van der Waals surface area contributed by atoms with Crippen molar-refractivity contribution in [2.75, 3.05) is 32.7 Å². The summed E-state index contributed by atoms with van der Waals surface area (Å²) in [7, 11) is 0. The minimum atomic E-state index is 0.213. The maximum atomic E-state index is 11.6.